The van der Waals surface area contributed by atoms with Crippen LogP contribution in [0, 0.1) is 0 Å². The normalized spacial score (nSPS) is 20.0. The van der Waals surface area contributed by atoms with Gasteiger partial charge in [0.05, 0.1) is 17.1 Å². The molecule has 1 fully saturated rings. The number of likely N-dealkylation sites (N-methyl/N-ethyl adjacent to an activating group) is 1. The van der Waals surface area contributed by atoms with Crippen LogP contribution in [0.4, 0.5) is 17.5 Å². The Labute approximate surface area is 226 Å². The zero-order valence-electron chi connectivity index (χ0n) is 22.9. The first-order chi connectivity index (χ1) is 18.9. The molecular weight excluding hydrogens is 494 g/mol. The fourth-order valence-electron chi connectivity index (χ4n) is 5.69. The Balaban J connectivity index is 1.27. The van der Waals surface area contributed by atoms with Gasteiger partial charge in [0.1, 0.15) is 11.5 Å². The summed E-state index contributed by atoms with van der Waals surface area (Å²) in [4.78, 5) is 24.8. The van der Waals surface area contributed by atoms with E-state index < -0.39 is 0 Å². The van der Waals surface area contributed by atoms with Crippen LogP contribution in [0.3, 0.4) is 0 Å². The number of nitrogens with zero attached hydrogens (tertiary/aromatic N) is 9. The number of carbonyl (C=O) groups is 1. The van der Waals surface area contributed by atoms with Crippen LogP contribution in [0.15, 0.2) is 47.8 Å². The van der Waals surface area contributed by atoms with Crippen molar-refractivity contribution in [2.45, 2.75) is 39.8 Å². The highest BCUT2D eigenvalue weighted by Crippen LogP contribution is 2.34. The van der Waals surface area contributed by atoms with Crippen molar-refractivity contribution in [3.05, 3.63) is 47.8 Å². The van der Waals surface area contributed by atoms with Gasteiger partial charge >= 0.3 is 0 Å². The number of pyridine rings is 1. The Kier molecular flexibility index (Phi) is 6.26. The Morgan fingerprint density at radius 3 is 2.82 bits per heavy atom. The maximum atomic E-state index is 13.5. The average molecular weight is 528 g/mol. The minimum absolute atomic E-state index is 0.191. The fourth-order valence-corrected chi connectivity index (χ4v) is 5.69. The van der Waals surface area contributed by atoms with Crippen LogP contribution in [0.5, 0.6) is 0 Å². The number of hydrogen-bond acceptors (Lipinski definition) is 9. The summed E-state index contributed by atoms with van der Waals surface area (Å²) in [5.74, 6) is 1.37. The first-order valence-corrected chi connectivity index (χ1v) is 13.3. The molecule has 0 saturated carbocycles. The van der Waals surface area contributed by atoms with Crippen molar-refractivity contribution < 1.29 is 4.79 Å². The third-order valence-corrected chi connectivity index (χ3v) is 8.03. The lowest BCUT2D eigenvalue weighted by atomic mass is 10.0. The maximum Gasteiger partial charge on any atom is 0.255 e. The van der Waals surface area contributed by atoms with E-state index in [2.05, 4.69) is 65.7 Å². The highest BCUT2D eigenvalue weighted by atomic mass is 16.1. The van der Waals surface area contributed by atoms with Gasteiger partial charge in [-0.15, -0.1) is 0 Å². The molecule has 3 aromatic heterocycles. The fraction of sp³-hybridized carbons (Fsp3) is 0.407. The molecule has 1 aromatic carbocycles. The zero-order valence-corrected chi connectivity index (χ0v) is 22.9. The van der Waals surface area contributed by atoms with E-state index in [4.69, 9.17) is 0 Å². The molecule has 202 valence electrons. The van der Waals surface area contributed by atoms with Gasteiger partial charge in [-0.1, -0.05) is 12.0 Å². The largest absolute Gasteiger partial charge is 0.354 e. The molecule has 39 heavy (non-hydrogen) atoms. The number of aromatic nitrogens is 7. The number of anilines is 3. The Hall–Kier alpha value is -4.32. The lowest BCUT2D eigenvalue weighted by Crippen LogP contribution is -2.51. The number of piperazine rings is 1. The van der Waals surface area contributed by atoms with Crippen LogP contribution in [0.2, 0.25) is 0 Å². The molecule has 4 aromatic rings. The van der Waals surface area contributed by atoms with Crippen LogP contribution in [0.25, 0.3) is 22.2 Å². The smallest absolute Gasteiger partial charge is 0.255 e. The molecule has 0 radical (unpaired) electrons. The second-order valence-corrected chi connectivity index (χ2v) is 10.3. The van der Waals surface area contributed by atoms with Gasteiger partial charge < -0.3 is 15.1 Å². The van der Waals surface area contributed by atoms with Gasteiger partial charge in [0.2, 0.25) is 5.95 Å². The van der Waals surface area contributed by atoms with Crippen molar-refractivity contribution in [3.8, 4) is 11.3 Å². The number of aromatic amines is 1. The number of allylic oxidation sites excluding steroid dienone is 1. The second-order valence-electron chi connectivity index (χ2n) is 10.3. The summed E-state index contributed by atoms with van der Waals surface area (Å²) in [7, 11) is 1.85. The van der Waals surface area contributed by atoms with E-state index in [1.54, 1.807) is 4.68 Å². The van der Waals surface area contributed by atoms with E-state index in [-0.39, 0.29) is 11.9 Å². The molecule has 0 unspecified atom stereocenters. The maximum absolute atomic E-state index is 13.5. The summed E-state index contributed by atoms with van der Waals surface area (Å²) in [6.45, 7) is 12.3. The van der Waals surface area contributed by atoms with Crippen molar-refractivity contribution in [1.29, 1.82) is 0 Å². The summed E-state index contributed by atoms with van der Waals surface area (Å²) in [6, 6.07) is 10.0. The molecule has 6 rings (SSSR count). The van der Waals surface area contributed by atoms with Crippen molar-refractivity contribution in [2.75, 3.05) is 48.3 Å². The van der Waals surface area contributed by atoms with Crippen LogP contribution >= 0.6 is 0 Å². The van der Waals surface area contributed by atoms with E-state index >= 15 is 0 Å². The molecule has 0 spiro atoms. The minimum Gasteiger partial charge on any atom is -0.354 e. The van der Waals surface area contributed by atoms with Crippen LogP contribution in [0.1, 0.15) is 33.7 Å². The molecular formula is C27H33N11O. The Morgan fingerprint density at radius 1 is 1.18 bits per heavy atom. The molecule has 5 heterocycles. The summed E-state index contributed by atoms with van der Waals surface area (Å²) >= 11 is 0. The summed E-state index contributed by atoms with van der Waals surface area (Å²) in [5.41, 5.74) is 4.81. The van der Waals surface area contributed by atoms with Crippen molar-refractivity contribution in [3.63, 3.8) is 0 Å². The number of nitrogens with one attached hydrogen (secondary N) is 2. The summed E-state index contributed by atoms with van der Waals surface area (Å²) < 4.78 is 1.66. The highest BCUT2D eigenvalue weighted by Gasteiger charge is 2.32. The van der Waals surface area contributed by atoms with Crippen molar-refractivity contribution >= 4 is 34.3 Å². The topological polar surface area (TPSA) is 124 Å². The SMILES string of the molecule is CCN1CCN(c2cc(-c3n[nH]c4ccc(NC(=O)C5=C(C)N(C)c6nnnn6[C@@H]5C)cc34)ccn2)C[C@@H]1C. The standard InChI is InChI=1S/C27H33N11O/c1-6-36-11-12-37(15-16(36)2)23-13-19(9-10-28-23)25-21-14-20(7-8-22(21)30-31-25)29-26(39)24-17(3)35(5)27-32-33-34-38(27)18(24)4/h7-10,13-14,16,18H,6,11-12,15H2,1-5H3,(H,29,39)(H,30,31)/t16-,18+/m0/s1. The Bertz CT molecular complexity index is 1570. The first kappa shape index (κ1) is 25.0. The molecule has 0 bridgehead atoms. The zero-order chi connectivity index (χ0) is 27.3. The number of tetrazole rings is 1. The highest BCUT2D eigenvalue weighted by molar-refractivity contribution is 6.07. The summed E-state index contributed by atoms with van der Waals surface area (Å²) in [5, 5.41) is 23.7. The van der Waals surface area contributed by atoms with E-state index in [1.807, 2.05) is 56.3 Å². The van der Waals surface area contributed by atoms with E-state index in [0.717, 1.165) is 59.9 Å². The van der Waals surface area contributed by atoms with Crippen LogP contribution < -0.4 is 15.1 Å². The molecule has 2 N–H and O–H groups in total. The van der Waals surface area contributed by atoms with Gasteiger partial charge in [0.15, 0.2) is 0 Å². The van der Waals surface area contributed by atoms with Crippen LogP contribution in [-0.2, 0) is 4.79 Å². The van der Waals surface area contributed by atoms with E-state index in [9.17, 15) is 4.79 Å². The number of rotatable bonds is 5. The monoisotopic (exact) mass is 527 g/mol. The van der Waals surface area contributed by atoms with Crippen LogP contribution in [-0.4, -0.2) is 85.5 Å². The molecule has 12 nitrogen and oxygen atoms in total. The summed E-state index contributed by atoms with van der Waals surface area (Å²) in [6.07, 6.45) is 1.84. The van der Waals surface area contributed by atoms with Crippen molar-refractivity contribution in [2.24, 2.45) is 0 Å². The molecule has 1 saturated heterocycles. The Morgan fingerprint density at radius 2 is 2.03 bits per heavy atom. The lowest BCUT2D eigenvalue weighted by molar-refractivity contribution is -0.113. The predicted molar refractivity (Wildman–Crippen MR) is 151 cm³/mol. The quantitative estimate of drug-likeness (QED) is 0.403. The molecule has 0 aliphatic carbocycles. The number of benzene rings is 1. The molecule has 2 atom stereocenters. The van der Waals surface area contributed by atoms with Gasteiger partial charge in [-0.05, 0) is 68.1 Å². The van der Waals surface area contributed by atoms with Gasteiger partial charge in [-0.3, -0.25) is 14.8 Å². The van der Waals surface area contributed by atoms with Gasteiger partial charge in [0, 0.05) is 61.3 Å². The van der Waals surface area contributed by atoms with E-state index in [0.29, 0.717) is 23.3 Å². The number of amides is 1. The molecule has 12 heteroatoms. The number of hydrogen-bond donors (Lipinski definition) is 2. The van der Waals surface area contributed by atoms with E-state index in [1.165, 1.54) is 0 Å². The minimum atomic E-state index is -0.295. The third kappa shape index (κ3) is 4.30. The molecule has 2 aliphatic heterocycles. The lowest BCUT2D eigenvalue weighted by Gasteiger charge is -2.40. The third-order valence-electron chi connectivity index (χ3n) is 8.03. The molecule has 2 aliphatic rings. The molecule has 1 amide bonds. The first-order valence-electron chi connectivity index (χ1n) is 13.3. The van der Waals surface area contributed by atoms with Gasteiger partial charge in [0.25, 0.3) is 5.91 Å². The number of H-pyrrole nitrogens is 1. The van der Waals surface area contributed by atoms with Gasteiger partial charge in [-0.2, -0.15) is 5.10 Å². The van der Waals surface area contributed by atoms with Crippen molar-refractivity contribution in [1.82, 2.24) is 40.3 Å². The second kappa shape index (κ2) is 9.77. The number of carbonyl (C=O) groups excluding carboxylic acids is 1. The predicted octanol–water partition coefficient (Wildman–Crippen LogP) is 3.07. The number of fused-ring (bicyclic) bond motifs is 2. The van der Waals surface area contributed by atoms with Gasteiger partial charge in [-0.25, -0.2) is 9.67 Å². The average Bonchev–Trinajstić information content (AvgIpc) is 3.60.